The van der Waals surface area contributed by atoms with Crippen molar-refractivity contribution in [3.8, 4) is 17.5 Å². The van der Waals surface area contributed by atoms with Crippen molar-refractivity contribution in [3.05, 3.63) is 94.8 Å². The molecule has 0 aliphatic heterocycles. The Balaban J connectivity index is 1.54. The summed E-state index contributed by atoms with van der Waals surface area (Å²) in [5.41, 5.74) is 2.13. The minimum Gasteiger partial charge on any atom is -0.324 e. The first kappa shape index (κ1) is 23.5. The molecular weight excluding hydrogens is 473 g/mol. The fourth-order valence-electron chi connectivity index (χ4n) is 3.36. The van der Waals surface area contributed by atoms with E-state index in [-0.39, 0.29) is 11.7 Å². The summed E-state index contributed by atoms with van der Waals surface area (Å²) in [7, 11) is 0. The second-order valence-corrected chi connectivity index (χ2v) is 8.69. The summed E-state index contributed by atoms with van der Waals surface area (Å²) in [6.07, 6.45) is 0.689. The zero-order valence-corrected chi connectivity index (χ0v) is 19.5. The van der Waals surface area contributed by atoms with Gasteiger partial charge in [0.2, 0.25) is 5.91 Å². The van der Waals surface area contributed by atoms with Gasteiger partial charge in [0.05, 0.1) is 22.6 Å². The second-order valence-electron chi connectivity index (χ2n) is 7.31. The molecule has 170 valence electrons. The average Bonchev–Trinajstić information content (AvgIpc) is 3.25. The van der Waals surface area contributed by atoms with E-state index in [9.17, 15) is 14.4 Å². The summed E-state index contributed by atoms with van der Waals surface area (Å²) in [5, 5.41) is 21.3. The smallest absolute Gasteiger partial charge is 0.234 e. The fraction of sp³-hybridized carbons (Fsp3) is 0.120. The Kier molecular flexibility index (Phi) is 7.58. The van der Waals surface area contributed by atoms with Gasteiger partial charge < -0.3 is 9.88 Å². The lowest BCUT2D eigenvalue weighted by molar-refractivity contribution is -0.113. The van der Waals surface area contributed by atoms with E-state index in [1.807, 2.05) is 41.0 Å². The van der Waals surface area contributed by atoms with Gasteiger partial charge in [0.15, 0.2) is 11.0 Å². The number of carbonyl (C=O) groups excluding carboxylic acids is 1. The third-order valence-electron chi connectivity index (χ3n) is 5.01. The van der Waals surface area contributed by atoms with Crippen LogP contribution in [0.2, 0.25) is 5.02 Å². The molecule has 34 heavy (non-hydrogen) atoms. The van der Waals surface area contributed by atoms with Crippen molar-refractivity contribution in [2.75, 3.05) is 11.1 Å². The van der Waals surface area contributed by atoms with Crippen LogP contribution in [0.3, 0.4) is 0 Å². The van der Waals surface area contributed by atoms with Crippen molar-refractivity contribution >= 4 is 35.0 Å². The summed E-state index contributed by atoms with van der Waals surface area (Å²) in [6.45, 7) is 0.511. The Morgan fingerprint density at radius 3 is 2.62 bits per heavy atom. The molecule has 0 spiro atoms. The van der Waals surface area contributed by atoms with Crippen LogP contribution in [0.15, 0.2) is 78.0 Å². The maximum atomic E-state index is 14.5. The van der Waals surface area contributed by atoms with Crippen molar-refractivity contribution in [2.45, 2.75) is 18.1 Å². The van der Waals surface area contributed by atoms with E-state index in [1.54, 1.807) is 30.3 Å². The van der Waals surface area contributed by atoms with Gasteiger partial charge in [0.25, 0.3) is 0 Å². The van der Waals surface area contributed by atoms with Gasteiger partial charge in [-0.1, -0.05) is 65.8 Å². The van der Waals surface area contributed by atoms with E-state index in [0.717, 1.165) is 5.56 Å². The predicted octanol–water partition coefficient (Wildman–Crippen LogP) is 5.58. The van der Waals surface area contributed by atoms with Crippen LogP contribution in [-0.4, -0.2) is 26.4 Å². The number of amides is 1. The van der Waals surface area contributed by atoms with Crippen LogP contribution in [0.25, 0.3) is 11.4 Å². The molecule has 0 aliphatic rings. The molecule has 6 nitrogen and oxygen atoms in total. The van der Waals surface area contributed by atoms with Crippen molar-refractivity contribution in [1.29, 1.82) is 5.26 Å². The predicted molar refractivity (Wildman–Crippen MR) is 131 cm³/mol. The molecule has 0 aliphatic carbocycles. The van der Waals surface area contributed by atoms with Gasteiger partial charge >= 0.3 is 0 Å². The van der Waals surface area contributed by atoms with Crippen LogP contribution >= 0.6 is 23.4 Å². The molecule has 0 bridgehead atoms. The first-order valence-corrected chi connectivity index (χ1v) is 11.8. The number of carbonyl (C=O) groups is 1. The number of rotatable bonds is 8. The zero-order valence-electron chi connectivity index (χ0n) is 17.9. The summed E-state index contributed by atoms with van der Waals surface area (Å²) in [6, 6.07) is 23.0. The molecule has 0 radical (unpaired) electrons. The van der Waals surface area contributed by atoms with Gasteiger partial charge in [0, 0.05) is 11.6 Å². The highest BCUT2D eigenvalue weighted by atomic mass is 35.5. The molecule has 3 aromatic carbocycles. The molecule has 1 aromatic heterocycles. The molecule has 4 aromatic rings. The number of benzene rings is 3. The lowest BCUT2D eigenvalue weighted by atomic mass is 10.1. The van der Waals surface area contributed by atoms with Crippen LogP contribution in [0.4, 0.5) is 10.1 Å². The molecule has 0 atom stereocenters. The third-order valence-corrected chi connectivity index (χ3v) is 6.21. The molecule has 0 saturated carbocycles. The van der Waals surface area contributed by atoms with E-state index in [4.69, 9.17) is 11.6 Å². The lowest BCUT2D eigenvalue weighted by Gasteiger charge is -2.11. The summed E-state index contributed by atoms with van der Waals surface area (Å²) in [4.78, 5) is 12.6. The largest absolute Gasteiger partial charge is 0.324 e. The molecule has 0 unspecified atom stereocenters. The van der Waals surface area contributed by atoms with E-state index >= 15 is 0 Å². The SMILES string of the molecule is N#Cc1ccc(Cl)cc1NC(=O)CSc1nnc(-c2ccccc2F)n1CCc1ccccc1. The molecule has 0 saturated heterocycles. The number of nitrogens with zero attached hydrogens (tertiary/aromatic N) is 4. The van der Waals surface area contributed by atoms with Crippen LogP contribution in [0.5, 0.6) is 0 Å². The van der Waals surface area contributed by atoms with Crippen LogP contribution in [0, 0.1) is 17.1 Å². The van der Waals surface area contributed by atoms with E-state index in [1.165, 1.54) is 23.9 Å². The zero-order chi connectivity index (χ0) is 23.9. The van der Waals surface area contributed by atoms with Crippen molar-refractivity contribution in [2.24, 2.45) is 0 Å². The van der Waals surface area contributed by atoms with Gasteiger partial charge in [0.1, 0.15) is 11.9 Å². The van der Waals surface area contributed by atoms with Crippen molar-refractivity contribution in [3.63, 3.8) is 0 Å². The number of anilines is 1. The quantitative estimate of drug-likeness (QED) is 0.325. The molecule has 1 N–H and O–H groups in total. The fourth-order valence-corrected chi connectivity index (χ4v) is 4.29. The molecular formula is C25H19ClFN5OS. The molecule has 1 amide bonds. The number of hydrogen-bond donors (Lipinski definition) is 1. The van der Waals surface area contributed by atoms with E-state index in [0.29, 0.717) is 45.8 Å². The van der Waals surface area contributed by atoms with E-state index < -0.39 is 5.82 Å². The topological polar surface area (TPSA) is 83.6 Å². The van der Waals surface area contributed by atoms with Crippen LogP contribution in [0.1, 0.15) is 11.1 Å². The number of aryl methyl sites for hydroxylation is 1. The van der Waals surface area contributed by atoms with Gasteiger partial charge in [-0.15, -0.1) is 10.2 Å². The average molecular weight is 492 g/mol. The highest BCUT2D eigenvalue weighted by Crippen LogP contribution is 2.27. The number of nitrogens with one attached hydrogen (secondary N) is 1. The first-order chi connectivity index (χ1) is 16.5. The second kappa shape index (κ2) is 11.0. The highest BCUT2D eigenvalue weighted by Gasteiger charge is 2.18. The summed E-state index contributed by atoms with van der Waals surface area (Å²) < 4.78 is 16.3. The Bertz CT molecular complexity index is 1350. The maximum absolute atomic E-state index is 14.5. The summed E-state index contributed by atoms with van der Waals surface area (Å²) in [5.74, 6) is -0.291. The number of nitriles is 1. The molecule has 1 heterocycles. The van der Waals surface area contributed by atoms with Crippen LogP contribution in [-0.2, 0) is 17.8 Å². The molecule has 9 heteroatoms. The number of hydrogen-bond acceptors (Lipinski definition) is 5. The van der Waals surface area contributed by atoms with Gasteiger partial charge in [-0.05, 0) is 42.3 Å². The lowest BCUT2D eigenvalue weighted by Crippen LogP contribution is -2.16. The Labute approximate surface area is 205 Å². The number of aromatic nitrogens is 3. The summed E-state index contributed by atoms with van der Waals surface area (Å²) >= 11 is 7.18. The standard InChI is InChI=1S/C25H19ClFN5OS/c26-19-11-10-18(15-28)22(14-19)29-23(33)16-34-25-31-30-24(20-8-4-5-9-21(20)27)32(25)13-12-17-6-2-1-3-7-17/h1-11,14H,12-13,16H2,(H,29,33). The minimum absolute atomic E-state index is 0.0259. The van der Waals surface area contributed by atoms with Gasteiger partial charge in [-0.25, -0.2) is 4.39 Å². The van der Waals surface area contributed by atoms with Gasteiger partial charge in [-0.2, -0.15) is 5.26 Å². The number of halogens is 2. The van der Waals surface area contributed by atoms with Crippen molar-refractivity contribution < 1.29 is 9.18 Å². The van der Waals surface area contributed by atoms with Crippen LogP contribution < -0.4 is 5.32 Å². The number of thioether (sulfide) groups is 1. The van der Waals surface area contributed by atoms with E-state index in [2.05, 4.69) is 15.5 Å². The normalized spacial score (nSPS) is 10.6. The third kappa shape index (κ3) is 5.63. The van der Waals surface area contributed by atoms with Crippen molar-refractivity contribution in [1.82, 2.24) is 14.8 Å². The Hall–Kier alpha value is -3.67. The Morgan fingerprint density at radius 2 is 1.85 bits per heavy atom. The minimum atomic E-state index is -0.393. The Morgan fingerprint density at radius 1 is 1.09 bits per heavy atom. The molecule has 0 fully saturated rings. The van der Waals surface area contributed by atoms with Gasteiger partial charge in [-0.3, -0.25) is 4.79 Å². The molecule has 4 rings (SSSR count). The highest BCUT2D eigenvalue weighted by molar-refractivity contribution is 7.99. The monoisotopic (exact) mass is 491 g/mol. The maximum Gasteiger partial charge on any atom is 0.234 e. The first-order valence-electron chi connectivity index (χ1n) is 10.4.